The first-order valence-electron chi connectivity index (χ1n) is 12.1. The van der Waals surface area contributed by atoms with Crippen LogP contribution in [0.3, 0.4) is 0 Å². The summed E-state index contributed by atoms with van der Waals surface area (Å²) in [5, 5.41) is 7.53. The molecule has 1 fully saturated rings. The second kappa shape index (κ2) is 7.81. The van der Waals surface area contributed by atoms with Crippen molar-refractivity contribution in [3.63, 3.8) is 0 Å². The number of aromatic nitrogens is 4. The molecule has 4 aromatic rings. The van der Waals surface area contributed by atoms with Gasteiger partial charge in [0.25, 0.3) is 5.56 Å². The predicted octanol–water partition coefficient (Wildman–Crippen LogP) is 4.60. The number of anilines is 2. The highest BCUT2D eigenvalue weighted by Gasteiger charge is 2.31. The maximum Gasteiger partial charge on any atom is 0.276 e. The van der Waals surface area contributed by atoms with Gasteiger partial charge in [0.05, 0.1) is 17.1 Å². The van der Waals surface area contributed by atoms with Gasteiger partial charge >= 0.3 is 0 Å². The van der Waals surface area contributed by atoms with Crippen molar-refractivity contribution in [1.82, 2.24) is 24.6 Å². The van der Waals surface area contributed by atoms with Crippen LogP contribution >= 0.6 is 0 Å². The SMILES string of the molecule is CC(C)(C)c1cc(-n2c3nc(Nc4ccc5c(c4)CNCC5)ccc3c(=O)n2C2CC2)ccn1. The normalized spacial score (nSPS) is 16.0. The predicted molar refractivity (Wildman–Crippen MR) is 135 cm³/mol. The third kappa shape index (κ3) is 3.70. The maximum atomic E-state index is 13.4. The van der Waals surface area contributed by atoms with Crippen LogP contribution in [0, 0.1) is 0 Å². The van der Waals surface area contributed by atoms with E-state index in [0.717, 1.165) is 55.2 Å². The maximum absolute atomic E-state index is 13.4. The topological polar surface area (TPSA) is 76.8 Å². The summed E-state index contributed by atoms with van der Waals surface area (Å²) < 4.78 is 3.88. The summed E-state index contributed by atoms with van der Waals surface area (Å²) in [5.74, 6) is 0.725. The van der Waals surface area contributed by atoms with Crippen LogP contribution in [0.15, 0.2) is 53.5 Å². The van der Waals surface area contributed by atoms with Gasteiger partial charge < -0.3 is 10.6 Å². The van der Waals surface area contributed by atoms with E-state index in [9.17, 15) is 4.79 Å². The lowest BCUT2D eigenvalue weighted by molar-refractivity contribution is 0.549. The molecule has 0 radical (unpaired) electrons. The van der Waals surface area contributed by atoms with Crippen molar-refractivity contribution in [2.24, 2.45) is 0 Å². The second-order valence-electron chi connectivity index (χ2n) is 10.4. The Hall–Kier alpha value is -3.45. The van der Waals surface area contributed by atoms with Crippen molar-refractivity contribution in [1.29, 1.82) is 0 Å². The van der Waals surface area contributed by atoms with Crippen molar-refractivity contribution >= 4 is 22.5 Å². The average molecular weight is 455 g/mol. The summed E-state index contributed by atoms with van der Waals surface area (Å²) in [7, 11) is 0. The molecule has 0 spiro atoms. The fraction of sp³-hybridized carbons (Fsp3) is 0.370. The Kier molecular flexibility index (Phi) is 4.85. The molecular formula is C27H30N6O. The Morgan fingerprint density at radius 2 is 1.91 bits per heavy atom. The lowest BCUT2D eigenvalue weighted by Gasteiger charge is -2.19. The molecule has 0 atom stereocenters. The van der Waals surface area contributed by atoms with Crippen molar-refractivity contribution in [3.8, 4) is 5.69 Å². The minimum Gasteiger partial charge on any atom is -0.340 e. The molecule has 1 aliphatic heterocycles. The van der Waals surface area contributed by atoms with Crippen molar-refractivity contribution in [2.45, 2.75) is 58.0 Å². The Labute approximate surface area is 198 Å². The Bertz CT molecular complexity index is 1450. The van der Waals surface area contributed by atoms with E-state index in [1.54, 1.807) is 0 Å². The van der Waals surface area contributed by atoms with E-state index >= 15 is 0 Å². The Morgan fingerprint density at radius 1 is 1.06 bits per heavy atom. The summed E-state index contributed by atoms with van der Waals surface area (Å²) in [6.07, 6.45) is 4.92. The minimum atomic E-state index is -0.0921. The van der Waals surface area contributed by atoms with Gasteiger partial charge in [0, 0.05) is 29.5 Å². The molecule has 7 nitrogen and oxygen atoms in total. The lowest BCUT2D eigenvalue weighted by Crippen LogP contribution is -2.23. The summed E-state index contributed by atoms with van der Waals surface area (Å²) in [4.78, 5) is 22.9. The highest BCUT2D eigenvalue weighted by molar-refractivity contribution is 5.79. The molecule has 0 amide bonds. The second-order valence-corrected chi connectivity index (χ2v) is 10.4. The number of pyridine rings is 2. The largest absolute Gasteiger partial charge is 0.340 e. The molecule has 3 aromatic heterocycles. The van der Waals surface area contributed by atoms with Crippen molar-refractivity contribution in [2.75, 3.05) is 11.9 Å². The number of benzene rings is 1. The monoisotopic (exact) mass is 454 g/mol. The third-order valence-corrected chi connectivity index (χ3v) is 6.74. The number of fused-ring (bicyclic) bond motifs is 2. The van der Waals surface area contributed by atoms with Crippen LogP contribution in [-0.2, 0) is 18.4 Å². The number of rotatable bonds is 4. The first kappa shape index (κ1) is 21.1. The summed E-state index contributed by atoms with van der Waals surface area (Å²) in [6.45, 7) is 8.36. The van der Waals surface area contributed by atoms with E-state index in [4.69, 9.17) is 4.98 Å². The molecule has 0 bridgehead atoms. The number of nitrogens with one attached hydrogen (secondary N) is 2. The van der Waals surface area contributed by atoms with E-state index in [1.165, 1.54) is 11.1 Å². The van der Waals surface area contributed by atoms with Gasteiger partial charge in [-0.25, -0.2) is 14.3 Å². The standard InChI is InChI=1S/C27H30N6O/c1-27(2,3)23-15-21(11-13-29-23)32-25-22(26(34)33(32)20-6-7-20)8-9-24(31-25)30-19-5-4-17-10-12-28-16-18(17)14-19/h4-5,8-9,11,13-15,20,28H,6-7,10,12,16H2,1-3H3,(H,30,31). The van der Waals surface area contributed by atoms with Gasteiger partial charge in [-0.15, -0.1) is 0 Å². The summed E-state index contributed by atoms with van der Waals surface area (Å²) >= 11 is 0. The summed E-state index contributed by atoms with van der Waals surface area (Å²) in [5.41, 5.74) is 6.23. The van der Waals surface area contributed by atoms with Gasteiger partial charge in [-0.1, -0.05) is 26.8 Å². The molecule has 1 saturated carbocycles. The molecule has 174 valence electrons. The molecule has 4 heterocycles. The molecule has 6 rings (SSSR count). The molecule has 7 heteroatoms. The summed E-state index contributed by atoms with van der Waals surface area (Å²) in [6, 6.07) is 14.6. The number of nitrogens with zero attached hydrogens (tertiary/aromatic N) is 4. The van der Waals surface area contributed by atoms with E-state index in [-0.39, 0.29) is 17.0 Å². The smallest absolute Gasteiger partial charge is 0.276 e. The fourth-order valence-corrected chi connectivity index (χ4v) is 4.73. The van der Waals surface area contributed by atoms with Crippen LogP contribution in [0.5, 0.6) is 0 Å². The van der Waals surface area contributed by atoms with Crippen LogP contribution in [0.4, 0.5) is 11.5 Å². The molecule has 2 aliphatic rings. The van der Waals surface area contributed by atoms with Gasteiger partial charge in [-0.05, 0) is 73.3 Å². The van der Waals surface area contributed by atoms with Crippen LogP contribution in [0.1, 0.15) is 56.5 Å². The van der Waals surface area contributed by atoms with Crippen LogP contribution in [0.25, 0.3) is 16.7 Å². The molecule has 2 N–H and O–H groups in total. The molecular weight excluding hydrogens is 424 g/mol. The molecule has 1 aliphatic carbocycles. The van der Waals surface area contributed by atoms with Crippen molar-refractivity contribution in [3.05, 3.63) is 75.8 Å². The van der Waals surface area contributed by atoms with Crippen LogP contribution in [0.2, 0.25) is 0 Å². The Morgan fingerprint density at radius 3 is 2.71 bits per heavy atom. The first-order chi connectivity index (χ1) is 16.4. The quantitative estimate of drug-likeness (QED) is 0.471. The zero-order valence-corrected chi connectivity index (χ0v) is 19.9. The van der Waals surface area contributed by atoms with E-state index < -0.39 is 0 Å². The van der Waals surface area contributed by atoms with Gasteiger partial charge in [0.2, 0.25) is 0 Å². The Balaban J connectivity index is 1.46. The third-order valence-electron chi connectivity index (χ3n) is 6.74. The van der Waals surface area contributed by atoms with Crippen LogP contribution < -0.4 is 16.2 Å². The molecule has 1 aromatic carbocycles. The van der Waals surface area contributed by atoms with E-state index in [2.05, 4.69) is 60.7 Å². The zero-order chi connectivity index (χ0) is 23.4. The number of hydrogen-bond donors (Lipinski definition) is 2. The van der Waals surface area contributed by atoms with E-state index in [0.29, 0.717) is 11.0 Å². The van der Waals surface area contributed by atoms with Crippen molar-refractivity contribution < 1.29 is 0 Å². The van der Waals surface area contributed by atoms with Gasteiger partial charge in [-0.2, -0.15) is 0 Å². The average Bonchev–Trinajstić information content (AvgIpc) is 3.62. The molecule has 0 unspecified atom stereocenters. The highest BCUT2D eigenvalue weighted by atomic mass is 16.1. The number of hydrogen-bond acceptors (Lipinski definition) is 5. The zero-order valence-electron chi connectivity index (χ0n) is 19.9. The lowest BCUT2D eigenvalue weighted by atomic mass is 9.91. The van der Waals surface area contributed by atoms with Gasteiger partial charge in [0.15, 0.2) is 5.65 Å². The first-order valence-corrected chi connectivity index (χ1v) is 12.1. The fourth-order valence-electron chi connectivity index (χ4n) is 4.73. The highest BCUT2D eigenvalue weighted by Crippen LogP contribution is 2.36. The van der Waals surface area contributed by atoms with Gasteiger partial charge in [-0.3, -0.25) is 9.78 Å². The van der Waals surface area contributed by atoms with Crippen LogP contribution in [-0.4, -0.2) is 25.9 Å². The van der Waals surface area contributed by atoms with Gasteiger partial charge in [0.1, 0.15) is 5.82 Å². The molecule has 0 saturated heterocycles. The van der Waals surface area contributed by atoms with E-state index in [1.807, 2.05) is 33.8 Å². The minimum absolute atomic E-state index is 0.0190. The molecule has 34 heavy (non-hydrogen) atoms.